The summed E-state index contributed by atoms with van der Waals surface area (Å²) in [6.07, 6.45) is 4.59. The van der Waals surface area contributed by atoms with Crippen LogP contribution in [0.25, 0.3) is 10.2 Å². The summed E-state index contributed by atoms with van der Waals surface area (Å²) in [6, 6.07) is 4.89. The first-order valence-electron chi connectivity index (χ1n) is 12.7. The van der Waals surface area contributed by atoms with Crippen LogP contribution in [0.3, 0.4) is 0 Å². The number of hydrogen-bond donors (Lipinski definition) is 3. The Kier molecular flexibility index (Phi) is 6.84. The molecular formula is C27H32N6O4S. The Morgan fingerprint density at radius 1 is 1.37 bits per heavy atom. The molecule has 5 heterocycles. The maximum Gasteiger partial charge on any atom is 0.331 e. The number of anilines is 3. The van der Waals surface area contributed by atoms with Crippen LogP contribution in [-0.2, 0) is 10.5 Å². The summed E-state index contributed by atoms with van der Waals surface area (Å²) in [5.41, 5.74) is 1.00. The molecule has 3 aromatic heterocycles. The number of ether oxygens (including phenoxy) is 1. The van der Waals surface area contributed by atoms with Gasteiger partial charge in [0.15, 0.2) is 5.72 Å². The maximum atomic E-state index is 13.5. The van der Waals surface area contributed by atoms with Crippen LogP contribution >= 0.6 is 11.3 Å². The molecule has 0 radical (unpaired) electrons. The second-order valence-electron chi connectivity index (χ2n) is 10.0. The molecule has 3 aromatic rings. The number of pyridine rings is 2. The lowest BCUT2D eigenvalue weighted by atomic mass is 10.0. The van der Waals surface area contributed by atoms with E-state index in [1.807, 2.05) is 26.8 Å². The van der Waals surface area contributed by atoms with E-state index in [1.165, 1.54) is 17.4 Å². The maximum absolute atomic E-state index is 13.5. The van der Waals surface area contributed by atoms with E-state index < -0.39 is 5.72 Å². The fourth-order valence-electron chi connectivity index (χ4n) is 5.13. The first-order valence-corrected chi connectivity index (χ1v) is 13.5. The number of thiophene rings is 1. The second-order valence-corrected chi connectivity index (χ2v) is 11.0. The van der Waals surface area contributed by atoms with Gasteiger partial charge in [-0.2, -0.15) is 0 Å². The Morgan fingerprint density at radius 2 is 2.16 bits per heavy atom. The molecule has 1 unspecified atom stereocenters. The van der Waals surface area contributed by atoms with Crippen molar-refractivity contribution in [2.75, 3.05) is 23.3 Å². The number of aliphatic hydroxyl groups is 1. The number of urea groups is 1. The lowest BCUT2D eigenvalue weighted by molar-refractivity contribution is -0.127. The minimum atomic E-state index is -1.47. The van der Waals surface area contributed by atoms with Crippen molar-refractivity contribution in [2.45, 2.75) is 58.4 Å². The van der Waals surface area contributed by atoms with Crippen LogP contribution in [0, 0.1) is 6.92 Å². The van der Waals surface area contributed by atoms with Crippen molar-refractivity contribution in [1.29, 1.82) is 0 Å². The number of hydrogen-bond acceptors (Lipinski definition) is 8. The zero-order valence-electron chi connectivity index (χ0n) is 21.9. The number of piperidine rings is 1. The zero-order valence-corrected chi connectivity index (χ0v) is 22.8. The Balaban J connectivity index is 1.50. The Labute approximate surface area is 225 Å². The quantitative estimate of drug-likeness (QED) is 0.302. The Hall–Kier alpha value is -3.54. The molecule has 0 spiro atoms. The molecule has 0 saturated carbocycles. The van der Waals surface area contributed by atoms with Gasteiger partial charge >= 0.3 is 6.03 Å². The molecule has 3 amide bonds. The third kappa shape index (κ3) is 4.72. The fourth-order valence-corrected chi connectivity index (χ4v) is 6.26. The number of aromatic nitrogens is 2. The molecular weight excluding hydrogens is 504 g/mol. The largest absolute Gasteiger partial charge is 0.475 e. The van der Waals surface area contributed by atoms with Crippen LogP contribution in [0.15, 0.2) is 37.1 Å². The van der Waals surface area contributed by atoms with Crippen LogP contribution in [0.5, 0.6) is 5.88 Å². The lowest BCUT2D eigenvalue weighted by Gasteiger charge is -2.37. The number of rotatable bonds is 7. The van der Waals surface area contributed by atoms with Gasteiger partial charge in [0, 0.05) is 31.4 Å². The van der Waals surface area contributed by atoms with Crippen LogP contribution in [0.2, 0.25) is 0 Å². The monoisotopic (exact) mass is 536 g/mol. The van der Waals surface area contributed by atoms with E-state index in [0.29, 0.717) is 51.4 Å². The van der Waals surface area contributed by atoms with Crippen molar-refractivity contribution >= 4 is 50.6 Å². The summed E-state index contributed by atoms with van der Waals surface area (Å²) in [6.45, 7) is 12.1. The summed E-state index contributed by atoms with van der Waals surface area (Å²) in [4.78, 5) is 39.3. The molecule has 10 nitrogen and oxygen atoms in total. The number of amides is 3. The van der Waals surface area contributed by atoms with Gasteiger partial charge in [-0.3, -0.25) is 15.0 Å². The highest BCUT2D eigenvalue weighted by molar-refractivity contribution is 7.19. The average Bonchev–Trinajstić information content (AvgIpc) is 3.24. The third-order valence-corrected chi connectivity index (χ3v) is 8.02. The van der Waals surface area contributed by atoms with E-state index in [9.17, 15) is 14.7 Å². The highest BCUT2D eigenvalue weighted by atomic mass is 32.1. The summed E-state index contributed by atoms with van der Waals surface area (Å²) in [5.74, 6) is 0.373. The van der Waals surface area contributed by atoms with Gasteiger partial charge in [-0.15, -0.1) is 11.3 Å². The van der Waals surface area contributed by atoms with Gasteiger partial charge in [0.1, 0.15) is 4.83 Å². The van der Waals surface area contributed by atoms with Crippen LogP contribution < -0.4 is 20.3 Å². The highest BCUT2D eigenvalue weighted by Gasteiger charge is 2.39. The van der Waals surface area contributed by atoms with Gasteiger partial charge in [-0.05, 0) is 58.7 Å². The molecule has 2 aliphatic rings. The molecule has 1 fully saturated rings. The number of carbonyl (C=O) groups excluding carboxylic acids is 2. The molecule has 0 bridgehead atoms. The lowest BCUT2D eigenvalue weighted by Crippen LogP contribution is -2.53. The van der Waals surface area contributed by atoms with Crippen molar-refractivity contribution < 1.29 is 19.4 Å². The van der Waals surface area contributed by atoms with E-state index in [2.05, 4.69) is 27.2 Å². The summed E-state index contributed by atoms with van der Waals surface area (Å²) in [7, 11) is 0. The smallest absolute Gasteiger partial charge is 0.331 e. The Morgan fingerprint density at radius 3 is 2.87 bits per heavy atom. The first-order chi connectivity index (χ1) is 18.1. The zero-order chi connectivity index (χ0) is 27.2. The van der Waals surface area contributed by atoms with E-state index in [0.717, 1.165) is 18.2 Å². The number of aryl methyl sites for hydroxylation is 1. The molecule has 2 atom stereocenters. The molecule has 3 N–H and O–H groups in total. The molecule has 11 heteroatoms. The molecule has 5 rings (SSSR count). The van der Waals surface area contributed by atoms with Gasteiger partial charge in [-0.1, -0.05) is 6.58 Å². The van der Waals surface area contributed by atoms with E-state index in [4.69, 9.17) is 4.74 Å². The number of nitrogens with zero attached hydrogens (tertiary/aromatic N) is 4. The predicted molar refractivity (Wildman–Crippen MR) is 148 cm³/mol. The van der Waals surface area contributed by atoms with Crippen LogP contribution in [0.4, 0.5) is 21.9 Å². The SMILES string of the molecule is C=CC(=O)N1CCC[C@@H](NC(C)(O)c2sc3nccc4c3c2NC(=O)N4c2ccc(OC(C)C)nc2C)C1. The molecule has 38 heavy (non-hydrogen) atoms. The standard InChI is InChI=1S/C27H32N6O4S/c1-6-21(34)32-13-7-8-17(14-32)31-27(5,36)24-23-22-19(11-12-28-25(22)38-24)33(26(35)30-23)18-9-10-20(29-16(18)4)37-15(2)3/h6,9-12,15,17,31,36H,1,7-8,13-14H2,2-5H3,(H,30,35)/t17-,27?/m1/s1. The van der Waals surface area contributed by atoms with E-state index in [1.54, 1.807) is 35.1 Å². The number of nitrogens with one attached hydrogen (secondary N) is 2. The second kappa shape index (κ2) is 9.97. The van der Waals surface area contributed by atoms with Gasteiger partial charge < -0.3 is 20.1 Å². The van der Waals surface area contributed by atoms with Crippen molar-refractivity contribution in [1.82, 2.24) is 20.2 Å². The highest BCUT2D eigenvalue weighted by Crippen LogP contribution is 2.48. The minimum Gasteiger partial charge on any atom is -0.475 e. The number of carbonyl (C=O) groups is 2. The van der Waals surface area contributed by atoms with Gasteiger partial charge in [-0.25, -0.2) is 14.8 Å². The van der Waals surface area contributed by atoms with Gasteiger partial charge in [0.25, 0.3) is 0 Å². The molecule has 200 valence electrons. The topological polar surface area (TPSA) is 120 Å². The third-order valence-electron chi connectivity index (χ3n) is 6.71. The van der Waals surface area contributed by atoms with Crippen molar-refractivity contribution in [3.05, 3.63) is 47.6 Å². The van der Waals surface area contributed by atoms with Gasteiger partial charge in [0.05, 0.1) is 39.1 Å². The summed E-state index contributed by atoms with van der Waals surface area (Å²) >= 11 is 1.33. The fraction of sp³-hybridized carbons (Fsp3) is 0.407. The van der Waals surface area contributed by atoms with Crippen molar-refractivity contribution in [3.63, 3.8) is 0 Å². The van der Waals surface area contributed by atoms with Crippen LogP contribution in [0.1, 0.15) is 44.2 Å². The number of likely N-dealkylation sites (tertiary alicyclic amines) is 1. The molecule has 0 aliphatic carbocycles. The van der Waals surface area contributed by atoms with Crippen molar-refractivity contribution in [3.8, 4) is 5.88 Å². The summed E-state index contributed by atoms with van der Waals surface area (Å²) < 4.78 is 5.71. The normalized spacial score (nSPS) is 18.9. The molecule has 1 saturated heterocycles. The van der Waals surface area contributed by atoms with Gasteiger partial charge in [0.2, 0.25) is 11.8 Å². The minimum absolute atomic E-state index is 0.0156. The first kappa shape index (κ1) is 26.1. The Bertz CT molecular complexity index is 1420. The summed E-state index contributed by atoms with van der Waals surface area (Å²) in [5, 5.41) is 18.7. The predicted octanol–water partition coefficient (Wildman–Crippen LogP) is 4.40. The van der Waals surface area contributed by atoms with E-state index in [-0.39, 0.29) is 24.1 Å². The molecule has 2 aliphatic heterocycles. The molecule has 0 aromatic carbocycles. The average molecular weight is 537 g/mol. The van der Waals surface area contributed by atoms with Crippen molar-refractivity contribution in [2.24, 2.45) is 0 Å². The van der Waals surface area contributed by atoms with E-state index >= 15 is 0 Å². The van der Waals surface area contributed by atoms with Crippen LogP contribution in [-0.4, -0.2) is 57.1 Å².